The van der Waals surface area contributed by atoms with Gasteiger partial charge >= 0.3 is 0 Å². The summed E-state index contributed by atoms with van der Waals surface area (Å²) in [5, 5.41) is 10.6. The van der Waals surface area contributed by atoms with Crippen molar-refractivity contribution in [3.8, 4) is 0 Å². The Kier molecular flexibility index (Phi) is 5.56. The zero-order chi connectivity index (χ0) is 16.5. The van der Waals surface area contributed by atoms with Crippen LogP contribution in [0.15, 0.2) is 0 Å². The Morgan fingerprint density at radius 1 is 1.33 bits per heavy atom. The number of Topliss-reactive ketones (excluding diaryl/α,β-unsaturated/α-hetero) is 1. The van der Waals surface area contributed by atoms with Gasteiger partial charge in [-0.2, -0.15) is 0 Å². The summed E-state index contributed by atoms with van der Waals surface area (Å²) < 4.78 is 22.4. The fourth-order valence-corrected chi connectivity index (χ4v) is 2.23. The van der Waals surface area contributed by atoms with Crippen LogP contribution in [0.2, 0.25) is 0 Å². The second kappa shape index (κ2) is 6.30. The SMILES string of the molecule is CO[C@]1(C)OC[C@@H]([C@](C)(O)CC(=O)C(C)C)O[C@@]1(C)OC. The van der Waals surface area contributed by atoms with Gasteiger partial charge in [-0.05, 0) is 20.8 Å². The topological polar surface area (TPSA) is 74.2 Å². The molecule has 1 rings (SSSR count). The highest BCUT2D eigenvalue weighted by atomic mass is 16.8. The Hall–Kier alpha value is -0.530. The van der Waals surface area contributed by atoms with Gasteiger partial charge in [-0.25, -0.2) is 0 Å². The quantitative estimate of drug-likeness (QED) is 0.801. The van der Waals surface area contributed by atoms with Crippen LogP contribution in [0.25, 0.3) is 0 Å². The van der Waals surface area contributed by atoms with Crippen molar-refractivity contribution < 1.29 is 28.8 Å². The lowest BCUT2D eigenvalue weighted by molar-refractivity contribution is -0.442. The number of methoxy groups -OCH3 is 2. The molecule has 4 atom stereocenters. The first-order valence-electron chi connectivity index (χ1n) is 7.18. The summed E-state index contributed by atoms with van der Waals surface area (Å²) >= 11 is 0. The third-order valence-corrected chi connectivity index (χ3v) is 4.35. The van der Waals surface area contributed by atoms with Gasteiger partial charge in [0.25, 0.3) is 0 Å². The minimum absolute atomic E-state index is 0.00217. The van der Waals surface area contributed by atoms with Gasteiger partial charge in [0.15, 0.2) is 0 Å². The zero-order valence-corrected chi connectivity index (χ0v) is 14.1. The average Bonchev–Trinajstić information content (AvgIpc) is 2.41. The molecule has 0 spiro atoms. The maximum Gasteiger partial charge on any atom is 0.220 e. The number of aliphatic hydroxyl groups is 1. The molecule has 0 saturated carbocycles. The molecule has 1 aliphatic heterocycles. The summed E-state index contributed by atoms with van der Waals surface area (Å²) in [6, 6.07) is 0. The largest absolute Gasteiger partial charge is 0.387 e. The zero-order valence-electron chi connectivity index (χ0n) is 14.1. The van der Waals surface area contributed by atoms with E-state index in [1.165, 1.54) is 14.2 Å². The Bertz CT molecular complexity index is 380. The first-order chi connectivity index (χ1) is 9.51. The van der Waals surface area contributed by atoms with Crippen molar-refractivity contribution >= 4 is 5.78 Å². The highest BCUT2D eigenvalue weighted by molar-refractivity contribution is 5.81. The molecule has 0 aromatic heterocycles. The Morgan fingerprint density at radius 3 is 2.29 bits per heavy atom. The van der Waals surface area contributed by atoms with Gasteiger partial charge in [-0.3, -0.25) is 4.79 Å². The minimum atomic E-state index is -1.34. The van der Waals surface area contributed by atoms with Crippen LogP contribution >= 0.6 is 0 Å². The van der Waals surface area contributed by atoms with E-state index >= 15 is 0 Å². The number of rotatable bonds is 6. The standard InChI is InChI=1S/C15H28O6/c1-10(2)11(16)8-13(3,17)12-9-20-14(4,18-6)15(5,19-7)21-12/h10,12,17H,8-9H2,1-7H3/t12-,13+,14+,15+/m0/s1. The van der Waals surface area contributed by atoms with Crippen LogP contribution in [0.5, 0.6) is 0 Å². The van der Waals surface area contributed by atoms with Crippen LogP contribution in [0.3, 0.4) is 0 Å². The van der Waals surface area contributed by atoms with Gasteiger partial charge in [0.1, 0.15) is 11.9 Å². The lowest BCUT2D eigenvalue weighted by atomic mass is 9.88. The number of hydrogen-bond donors (Lipinski definition) is 1. The predicted octanol–water partition coefficient (Wildman–Crippen LogP) is 1.49. The number of carbonyl (C=O) groups is 1. The highest BCUT2D eigenvalue weighted by Crippen LogP contribution is 2.39. The monoisotopic (exact) mass is 304 g/mol. The van der Waals surface area contributed by atoms with E-state index in [4.69, 9.17) is 18.9 Å². The molecule has 1 N–H and O–H groups in total. The van der Waals surface area contributed by atoms with E-state index in [1.807, 2.05) is 0 Å². The van der Waals surface area contributed by atoms with Crippen molar-refractivity contribution in [3.05, 3.63) is 0 Å². The Morgan fingerprint density at radius 2 is 1.86 bits per heavy atom. The van der Waals surface area contributed by atoms with Crippen LogP contribution in [0.1, 0.15) is 41.0 Å². The maximum absolute atomic E-state index is 11.9. The maximum atomic E-state index is 11.9. The van der Waals surface area contributed by atoms with Crippen molar-refractivity contribution in [2.45, 2.75) is 64.3 Å². The third-order valence-electron chi connectivity index (χ3n) is 4.35. The van der Waals surface area contributed by atoms with Gasteiger partial charge in [-0.15, -0.1) is 0 Å². The lowest BCUT2D eigenvalue weighted by Gasteiger charge is -2.51. The van der Waals surface area contributed by atoms with Crippen LogP contribution in [0, 0.1) is 5.92 Å². The second-order valence-corrected chi connectivity index (χ2v) is 6.37. The molecule has 0 amide bonds. The van der Waals surface area contributed by atoms with Crippen LogP contribution in [0.4, 0.5) is 0 Å². The van der Waals surface area contributed by atoms with Crippen molar-refractivity contribution in [2.24, 2.45) is 5.92 Å². The highest BCUT2D eigenvalue weighted by Gasteiger charge is 2.56. The molecule has 0 radical (unpaired) electrons. The van der Waals surface area contributed by atoms with Crippen LogP contribution in [-0.4, -0.2) is 55.0 Å². The molecule has 6 heteroatoms. The molecule has 0 unspecified atom stereocenters. The summed E-state index contributed by atoms with van der Waals surface area (Å²) in [4.78, 5) is 11.9. The summed E-state index contributed by atoms with van der Waals surface area (Å²) in [7, 11) is 2.98. The minimum Gasteiger partial charge on any atom is -0.387 e. The van der Waals surface area contributed by atoms with E-state index in [0.717, 1.165) is 0 Å². The molecule has 124 valence electrons. The van der Waals surface area contributed by atoms with E-state index < -0.39 is 23.3 Å². The smallest absolute Gasteiger partial charge is 0.220 e. The molecule has 1 saturated heterocycles. The molecule has 21 heavy (non-hydrogen) atoms. The van der Waals surface area contributed by atoms with E-state index in [-0.39, 0.29) is 24.7 Å². The number of ketones is 1. The van der Waals surface area contributed by atoms with Gasteiger partial charge in [0, 0.05) is 26.6 Å². The predicted molar refractivity (Wildman–Crippen MR) is 76.7 cm³/mol. The first-order valence-corrected chi connectivity index (χ1v) is 7.18. The third kappa shape index (κ3) is 3.63. The van der Waals surface area contributed by atoms with Gasteiger partial charge in [0.2, 0.25) is 11.6 Å². The Labute approximate surface area is 126 Å². The van der Waals surface area contributed by atoms with Crippen molar-refractivity contribution in [2.75, 3.05) is 20.8 Å². The van der Waals surface area contributed by atoms with E-state index in [2.05, 4.69) is 0 Å². The molecule has 6 nitrogen and oxygen atoms in total. The summed E-state index contributed by atoms with van der Waals surface area (Å²) in [6.45, 7) is 8.69. The average molecular weight is 304 g/mol. The fourth-order valence-electron chi connectivity index (χ4n) is 2.23. The van der Waals surface area contributed by atoms with Crippen LogP contribution in [-0.2, 0) is 23.7 Å². The molecule has 0 aliphatic carbocycles. The van der Waals surface area contributed by atoms with Crippen molar-refractivity contribution in [1.82, 2.24) is 0 Å². The molecule has 1 aliphatic rings. The van der Waals surface area contributed by atoms with Gasteiger partial charge < -0.3 is 24.1 Å². The Balaban J connectivity index is 2.90. The lowest BCUT2D eigenvalue weighted by Crippen LogP contribution is -2.66. The summed E-state index contributed by atoms with van der Waals surface area (Å²) in [6.07, 6.45) is -0.685. The molecule has 0 aromatic rings. The normalized spacial score (nSPS) is 36.5. The van der Waals surface area contributed by atoms with Crippen molar-refractivity contribution in [3.63, 3.8) is 0 Å². The van der Waals surface area contributed by atoms with Crippen LogP contribution < -0.4 is 0 Å². The first kappa shape index (κ1) is 18.5. The van der Waals surface area contributed by atoms with E-state index in [0.29, 0.717) is 0 Å². The molecule has 1 fully saturated rings. The molecular weight excluding hydrogens is 276 g/mol. The second-order valence-electron chi connectivity index (χ2n) is 6.37. The molecule has 0 aromatic carbocycles. The fraction of sp³-hybridized carbons (Fsp3) is 0.933. The molecule has 0 bridgehead atoms. The molecular formula is C15H28O6. The van der Waals surface area contributed by atoms with Crippen molar-refractivity contribution in [1.29, 1.82) is 0 Å². The number of ether oxygens (including phenoxy) is 4. The van der Waals surface area contributed by atoms with E-state index in [9.17, 15) is 9.90 Å². The van der Waals surface area contributed by atoms with E-state index in [1.54, 1.807) is 34.6 Å². The molecule has 1 heterocycles. The van der Waals surface area contributed by atoms with Gasteiger partial charge in [-0.1, -0.05) is 13.8 Å². The number of carbonyl (C=O) groups excluding carboxylic acids is 1. The summed E-state index contributed by atoms with van der Waals surface area (Å²) in [5.74, 6) is -2.44. The summed E-state index contributed by atoms with van der Waals surface area (Å²) in [5.41, 5.74) is -1.34. The number of hydrogen-bond acceptors (Lipinski definition) is 6. The van der Waals surface area contributed by atoms with Gasteiger partial charge in [0.05, 0.1) is 12.2 Å².